The van der Waals surface area contributed by atoms with E-state index in [1.54, 1.807) is 0 Å². The van der Waals surface area contributed by atoms with Crippen LogP contribution in [0.25, 0.3) is 0 Å². The summed E-state index contributed by atoms with van der Waals surface area (Å²) in [6.45, 7) is 23.4. The van der Waals surface area contributed by atoms with E-state index < -0.39 is 36.9 Å². The van der Waals surface area contributed by atoms with Gasteiger partial charge in [0.15, 0.2) is 0 Å². The Balaban J connectivity index is 6.17. The van der Waals surface area contributed by atoms with Crippen molar-refractivity contribution < 1.29 is 24.6 Å². The quantitative estimate of drug-likeness (QED) is 0.273. The highest BCUT2D eigenvalue weighted by Gasteiger charge is 2.50. The second-order valence-corrected chi connectivity index (χ2v) is 23.8. The van der Waals surface area contributed by atoms with E-state index in [0.717, 1.165) is 0 Å². The van der Waals surface area contributed by atoms with Gasteiger partial charge in [0, 0.05) is 0 Å². The molecule has 30 heavy (non-hydrogen) atoms. The minimum absolute atomic E-state index is 0.0183. The first-order valence-corrected chi connectivity index (χ1v) is 17.8. The molecule has 0 radical (unpaired) electrons. The van der Waals surface area contributed by atoms with Gasteiger partial charge in [0.1, 0.15) is 0 Å². The van der Waals surface area contributed by atoms with Gasteiger partial charge in [-0.05, 0) is 33.2 Å². The summed E-state index contributed by atoms with van der Waals surface area (Å²) in [5.74, 6) is 0. The van der Waals surface area contributed by atoms with Crippen LogP contribution in [0.2, 0.25) is 33.2 Å². The molecule has 0 heterocycles. The lowest BCUT2D eigenvalue weighted by atomic mass is 10.5. The van der Waals surface area contributed by atoms with E-state index in [-0.39, 0.29) is 33.2 Å². The van der Waals surface area contributed by atoms with Gasteiger partial charge in [-0.1, -0.05) is 83.1 Å². The Bertz CT molecular complexity index is 721. The van der Waals surface area contributed by atoms with Crippen molar-refractivity contribution in [1.29, 1.82) is 0 Å². The lowest BCUT2D eigenvalue weighted by Gasteiger charge is -2.40. The molecule has 10 heteroatoms. The maximum Gasteiger partial charge on any atom is 0.329 e. The van der Waals surface area contributed by atoms with Gasteiger partial charge in [0.05, 0.1) is 10.5 Å². The normalized spacial score (nSPS) is 14.3. The molecule has 6 nitrogen and oxygen atoms in total. The molecule has 0 aromatic carbocycles. The zero-order valence-electron chi connectivity index (χ0n) is 20.7. The molecule has 178 valence electrons. The lowest BCUT2D eigenvalue weighted by Crippen LogP contribution is -2.49. The van der Waals surface area contributed by atoms with Gasteiger partial charge in [0.25, 0.3) is 0 Å². The first-order valence-electron chi connectivity index (χ1n) is 10.7. The van der Waals surface area contributed by atoms with Crippen LogP contribution in [-0.2, 0) is 28.0 Å². The summed E-state index contributed by atoms with van der Waals surface area (Å²) in [6.07, 6.45) is 0. The van der Waals surface area contributed by atoms with Gasteiger partial charge in [-0.3, -0.25) is 0 Å². The fourth-order valence-electron chi connectivity index (χ4n) is 5.10. The van der Waals surface area contributed by atoms with Gasteiger partial charge in [-0.2, -0.15) is 16.8 Å². The summed E-state index contributed by atoms with van der Waals surface area (Å²) in [6, 6.07) is 0. The molecule has 0 aliphatic rings. The molecule has 0 spiro atoms. The molecule has 0 aromatic rings. The Morgan fingerprint density at radius 2 is 0.633 bits per heavy atom. The number of hydrogen-bond acceptors (Lipinski definition) is 6. The predicted molar refractivity (Wildman–Crippen MR) is 130 cm³/mol. The van der Waals surface area contributed by atoms with Crippen molar-refractivity contribution in [3.63, 3.8) is 0 Å². The third-order valence-electron chi connectivity index (χ3n) is 6.21. The fraction of sp³-hybridized carbons (Fsp3) is 0.900. The minimum atomic E-state index is -4.37. The van der Waals surface area contributed by atoms with Gasteiger partial charge >= 0.3 is 20.2 Å². The van der Waals surface area contributed by atoms with E-state index in [0.29, 0.717) is 0 Å². The number of hydrogen-bond donors (Lipinski definition) is 0. The molecule has 0 rings (SSSR count). The summed E-state index contributed by atoms with van der Waals surface area (Å²) in [5.41, 5.74) is 0.110. The van der Waals surface area contributed by atoms with Crippen LogP contribution in [-0.4, -0.2) is 33.5 Å². The summed E-state index contributed by atoms with van der Waals surface area (Å²) in [5, 5.41) is 3.80. The highest BCUT2D eigenvalue weighted by atomic mass is 32.2. The Hall–Kier alpha value is -0.186. The average molecular weight is 499 g/mol. The van der Waals surface area contributed by atoms with Crippen molar-refractivity contribution in [2.24, 2.45) is 0 Å². The highest BCUT2D eigenvalue weighted by molar-refractivity contribution is 7.96. The van der Waals surface area contributed by atoms with Crippen LogP contribution in [0.3, 0.4) is 0 Å². The Labute approximate surface area is 188 Å². The van der Waals surface area contributed by atoms with Crippen molar-refractivity contribution in [1.82, 2.24) is 0 Å². The Morgan fingerprint density at radius 3 is 0.767 bits per heavy atom. The molecule has 0 bridgehead atoms. The zero-order valence-corrected chi connectivity index (χ0v) is 24.4. The molecule has 0 N–H and O–H groups in total. The second kappa shape index (κ2) is 10.6. The first kappa shape index (κ1) is 29.8. The van der Waals surface area contributed by atoms with Gasteiger partial charge in [0.2, 0.25) is 16.6 Å². The smallest absolute Gasteiger partial charge is 0.304 e. The van der Waals surface area contributed by atoms with Crippen molar-refractivity contribution in [3.05, 3.63) is 0 Å². The van der Waals surface area contributed by atoms with Gasteiger partial charge in [-0.25, -0.2) is 0 Å². The second-order valence-electron chi connectivity index (χ2n) is 9.91. The lowest BCUT2D eigenvalue weighted by molar-refractivity contribution is 0.455. The highest BCUT2D eigenvalue weighted by Crippen LogP contribution is 2.44. The van der Waals surface area contributed by atoms with Crippen molar-refractivity contribution in [2.45, 2.75) is 116 Å². The maximum atomic E-state index is 12.7. The molecule has 0 aliphatic carbocycles. The summed E-state index contributed by atoms with van der Waals surface area (Å²) in [4.78, 5) is 0. The van der Waals surface area contributed by atoms with Crippen LogP contribution in [0.5, 0.6) is 0 Å². The Morgan fingerprint density at radius 1 is 0.467 bits per heavy atom. The van der Waals surface area contributed by atoms with Crippen molar-refractivity contribution >= 4 is 36.9 Å². The maximum absolute atomic E-state index is 12.7. The SMILES string of the molecule is CC(C)[Si](OS(=O)(=O)C#CS(=O)(=O)O[Si](C(C)C)(C(C)C)C(C)C)(C(C)C)C(C)C. The minimum Gasteiger partial charge on any atom is -0.304 e. The molecule has 0 unspecified atom stereocenters. The van der Waals surface area contributed by atoms with Crippen LogP contribution in [0.4, 0.5) is 0 Å². The van der Waals surface area contributed by atoms with Crippen LogP contribution < -0.4 is 0 Å². The standard InChI is InChI=1S/C20H42O6S2Si2/c1-15(2)29(16(3)4,17(5)6)25-27(21,22)13-14-28(23,24)26-30(18(7)8,19(9)10)20(11)12/h15-20H,1-12H3. The van der Waals surface area contributed by atoms with Crippen LogP contribution in [0, 0.1) is 10.5 Å². The molecular weight excluding hydrogens is 457 g/mol. The average Bonchev–Trinajstić information content (AvgIpc) is 2.54. The van der Waals surface area contributed by atoms with Crippen LogP contribution >= 0.6 is 0 Å². The molecule has 0 aliphatic heterocycles. The molecule has 0 amide bonds. The topological polar surface area (TPSA) is 86.7 Å². The monoisotopic (exact) mass is 498 g/mol. The Kier molecular flexibility index (Phi) is 10.6. The third-order valence-corrected chi connectivity index (χ3v) is 21.9. The van der Waals surface area contributed by atoms with E-state index in [9.17, 15) is 16.8 Å². The van der Waals surface area contributed by atoms with E-state index >= 15 is 0 Å². The summed E-state index contributed by atoms with van der Waals surface area (Å²) >= 11 is 0. The first-order chi connectivity index (χ1) is 13.3. The third kappa shape index (κ3) is 6.66. The predicted octanol–water partition coefficient (Wildman–Crippen LogP) is 5.95. The summed E-state index contributed by atoms with van der Waals surface area (Å²) in [7, 11) is -14.3. The zero-order chi connectivity index (χ0) is 24.3. The molecule has 0 aromatic heterocycles. The number of rotatable bonds is 10. The van der Waals surface area contributed by atoms with E-state index in [1.165, 1.54) is 0 Å². The molecular formula is C20H42O6S2Si2. The van der Waals surface area contributed by atoms with Crippen LogP contribution in [0.15, 0.2) is 0 Å². The van der Waals surface area contributed by atoms with Crippen molar-refractivity contribution in [3.8, 4) is 10.5 Å². The molecule has 0 saturated carbocycles. The van der Waals surface area contributed by atoms with Crippen molar-refractivity contribution in [2.75, 3.05) is 0 Å². The van der Waals surface area contributed by atoms with E-state index in [4.69, 9.17) is 7.74 Å². The van der Waals surface area contributed by atoms with E-state index in [2.05, 4.69) is 0 Å². The molecule has 0 atom stereocenters. The fourth-order valence-corrected chi connectivity index (χ4v) is 21.9. The van der Waals surface area contributed by atoms with E-state index in [1.807, 2.05) is 93.6 Å². The van der Waals surface area contributed by atoms with Gasteiger partial charge < -0.3 is 7.74 Å². The summed E-state index contributed by atoms with van der Waals surface area (Å²) < 4.78 is 62.2. The van der Waals surface area contributed by atoms with Crippen LogP contribution in [0.1, 0.15) is 83.1 Å². The largest absolute Gasteiger partial charge is 0.329 e. The molecule has 0 fully saturated rings. The molecule has 0 saturated heterocycles. The van der Waals surface area contributed by atoms with Gasteiger partial charge in [-0.15, -0.1) is 0 Å².